The molecule has 1 heterocycles. The zero-order valence-corrected chi connectivity index (χ0v) is 14.5. The minimum absolute atomic E-state index is 0.0210. The molecular formula is C18H15N3OSe. The van der Waals surface area contributed by atoms with Gasteiger partial charge in [-0.15, -0.1) is 0 Å². The maximum atomic E-state index is 12.5. The topological polar surface area (TPSA) is 54.0 Å². The molecule has 0 spiro atoms. The van der Waals surface area contributed by atoms with Crippen molar-refractivity contribution in [1.82, 2.24) is 4.98 Å². The molecule has 2 N–H and O–H groups in total. The van der Waals surface area contributed by atoms with Crippen LogP contribution < -0.4 is 16.1 Å². The number of anilines is 2. The van der Waals surface area contributed by atoms with E-state index in [1.807, 2.05) is 32.3 Å². The second kappa shape index (κ2) is 5.37. The van der Waals surface area contributed by atoms with Crippen molar-refractivity contribution in [3.05, 3.63) is 52.7 Å². The van der Waals surface area contributed by atoms with Crippen molar-refractivity contribution in [2.45, 2.75) is 0 Å². The second-order valence-electron chi connectivity index (χ2n) is 5.31. The Morgan fingerprint density at radius 1 is 0.913 bits per heavy atom. The van der Waals surface area contributed by atoms with E-state index in [9.17, 15) is 4.79 Å². The van der Waals surface area contributed by atoms with Crippen LogP contribution in [0.3, 0.4) is 0 Å². The molecule has 0 saturated carbocycles. The summed E-state index contributed by atoms with van der Waals surface area (Å²) >= 11 is 0.178. The van der Waals surface area contributed by atoms with Gasteiger partial charge in [0.1, 0.15) is 0 Å². The van der Waals surface area contributed by atoms with E-state index in [2.05, 4.69) is 28.8 Å². The van der Waals surface area contributed by atoms with Crippen LogP contribution in [0.2, 0.25) is 0 Å². The van der Waals surface area contributed by atoms with E-state index < -0.39 is 0 Å². The first-order valence-corrected chi connectivity index (χ1v) is 9.09. The number of nitrogens with zero attached hydrogens (tertiary/aromatic N) is 1. The van der Waals surface area contributed by atoms with E-state index in [4.69, 9.17) is 4.98 Å². The van der Waals surface area contributed by atoms with Crippen LogP contribution in [0.4, 0.5) is 11.4 Å². The molecule has 0 aliphatic carbocycles. The summed E-state index contributed by atoms with van der Waals surface area (Å²) in [6, 6.07) is 13.8. The third kappa shape index (κ3) is 2.12. The monoisotopic (exact) mass is 369 g/mol. The Labute approximate surface area is 138 Å². The molecule has 0 fully saturated rings. The van der Waals surface area contributed by atoms with Crippen LogP contribution in [0, 0.1) is 0 Å². The first-order chi connectivity index (χ1) is 11.2. The van der Waals surface area contributed by atoms with Gasteiger partial charge in [0.05, 0.1) is 0 Å². The summed E-state index contributed by atoms with van der Waals surface area (Å²) in [6.45, 7) is 0. The van der Waals surface area contributed by atoms with Gasteiger partial charge in [0, 0.05) is 0 Å². The van der Waals surface area contributed by atoms with E-state index in [0.717, 1.165) is 27.8 Å². The molecule has 4 nitrogen and oxygen atoms in total. The van der Waals surface area contributed by atoms with Crippen LogP contribution in [0.15, 0.2) is 47.3 Å². The van der Waals surface area contributed by atoms with Gasteiger partial charge in [0.15, 0.2) is 0 Å². The SMILES string of the molecule is CNc1cc2[se]c3ccccc3nc2c2c(NC)ccc(=O)c12. The van der Waals surface area contributed by atoms with Gasteiger partial charge in [-0.3, -0.25) is 0 Å². The van der Waals surface area contributed by atoms with Crippen LogP contribution in [0.5, 0.6) is 0 Å². The number of rotatable bonds is 2. The standard InChI is InChI=1S/C18H15N3OSe/c1-19-11-7-8-13(22)16-12(20-2)9-15-18(17(11)16)21-10-5-3-4-6-14(10)23-15/h3-9,19-20H,1-2H3. The summed E-state index contributed by atoms with van der Waals surface area (Å²) in [5.74, 6) is 0. The van der Waals surface area contributed by atoms with Crippen molar-refractivity contribution < 1.29 is 0 Å². The molecule has 4 aromatic rings. The molecule has 0 atom stereocenters. The summed E-state index contributed by atoms with van der Waals surface area (Å²) < 4.78 is 2.48. The normalized spacial score (nSPS) is 11.2. The van der Waals surface area contributed by atoms with Crippen molar-refractivity contribution in [1.29, 1.82) is 0 Å². The average molecular weight is 368 g/mol. The Hall–Kier alpha value is -2.36. The van der Waals surface area contributed by atoms with Gasteiger partial charge in [0.2, 0.25) is 0 Å². The van der Waals surface area contributed by atoms with Gasteiger partial charge in [-0.25, -0.2) is 0 Å². The fourth-order valence-corrected chi connectivity index (χ4v) is 5.11. The molecule has 0 aliphatic heterocycles. The molecular weight excluding hydrogens is 353 g/mol. The van der Waals surface area contributed by atoms with Gasteiger partial charge in [-0.1, -0.05) is 0 Å². The summed E-state index contributed by atoms with van der Waals surface area (Å²) in [6.07, 6.45) is 0. The minimum atomic E-state index is 0.0210. The Morgan fingerprint density at radius 2 is 1.70 bits per heavy atom. The molecule has 0 aliphatic rings. The van der Waals surface area contributed by atoms with E-state index in [1.165, 1.54) is 8.52 Å². The first-order valence-electron chi connectivity index (χ1n) is 7.37. The Kier molecular flexibility index (Phi) is 3.33. The maximum absolute atomic E-state index is 12.5. The van der Waals surface area contributed by atoms with E-state index in [1.54, 1.807) is 6.07 Å². The molecule has 0 amide bonds. The zero-order valence-electron chi connectivity index (χ0n) is 12.8. The Morgan fingerprint density at radius 3 is 2.48 bits per heavy atom. The van der Waals surface area contributed by atoms with Crippen molar-refractivity contribution in [2.24, 2.45) is 0 Å². The summed E-state index contributed by atoms with van der Waals surface area (Å²) in [7, 11) is 3.73. The van der Waals surface area contributed by atoms with Gasteiger partial charge in [0.25, 0.3) is 0 Å². The van der Waals surface area contributed by atoms with Crippen LogP contribution in [0.25, 0.3) is 30.3 Å². The Bertz CT molecular complexity index is 1120. The summed E-state index contributed by atoms with van der Waals surface area (Å²) in [5, 5.41) is 8.00. The molecule has 4 rings (SSSR count). The number of para-hydroxylation sites is 1. The first kappa shape index (κ1) is 14.2. The average Bonchev–Trinajstić information content (AvgIpc) is 2.59. The fourth-order valence-electron chi connectivity index (χ4n) is 2.96. The molecule has 0 saturated heterocycles. The number of nitrogens with one attached hydrogen (secondary N) is 2. The van der Waals surface area contributed by atoms with Gasteiger partial charge in [-0.05, 0) is 0 Å². The van der Waals surface area contributed by atoms with E-state index >= 15 is 0 Å². The number of hydrogen-bond acceptors (Lipinski definition) is 4. The fraction of sp³-hybridized carbons (Fsp3) is 0.111. The zero-order chi connectivity index (χ0) is 16.0. The van der Waals surface area contributed by atoms with E-state index in [0.29, 0.717) is 5.39 Å². The van der Waals surface area contributed by atoms with Crippen molar-refractivity contribution in [3.8, 4) is 0 Å². The number of benzene rings is 3. The Balaban J connectivity index is 2.32. The van der Waals surface area contributed by atoms with Crippen LogP contribution in [0.1, 0.15) is 0 Å². The van der Waals surface area contributed by atoms with Crippen molar-refractivity contribution in [2.75, 3.05) is 24.7 Å². The third-order valence-corrected chi connectivity index (χ3v) is 6.34. The summed E-state index contributed by atoms with van der Waals surface area (Å²) in [4.78, 5) is 17.3. The molecule has 3 aromatic carbocycles. The van der Waals surface area contributed by atoms with Crippen molar-refractivity contribution in [3.63, 3.8) is 0 Å². The number of hydrogen-bond donors (Lipinski definition) is 2. The van der Waals surface area contributed by atoms with Gasteiger partial charge >= 0.3 is 139 Å². The quantitative estimate of drug-likeness (QED) is 0.324. The van der Waals surface area contributed by atoms with Crippen LogP contribution >= 0.6 is 0 Å². The number of fused-ring (bicyclic) bond motifs is 4. The van der Waals surface area contributed by atoms with Gasteiger partial charge < -0.3 is 0 Å². The molecule has 1 aromatic heterocycles. The van der Waals surface area contributed by atoms with Crippen LogP contribution in [-0.2, 0) is 0 Å². The molecule has 0 radical (unpaired) electrons. The predicted molar refractivity (Wildman–Crippen MR) is 99.1 cm³/mol. The third-order valence-electron chi connectivity index (χ3n) is 4.04. The summed E-state index contributed by atoms with van der Waals surface area (Å²) in [5.41, 5.74) is 3.77. The molecule has 5 heteroatoms. The number of aromatic nitrogens is 1. The van der Waals surface area contributed by atoms with Crippen LogP contribution in [-0.4, -0.2) is 33.6 Å². The van der Waals surface area contributed by atoms with Gasteiger partial charge in [-0.2, -0.15) is 0 Å². The van der Waals surface area contributed by atoms with E-state index in [-0.39, 0.29) is 19.9 Å². The second-order valence-corrected chi connectivity index (χ2v) is 7.59. The molecule has 23 heavy (non-hydrogen) atoms. The molecule has 0 unspecified atom stereocenters. The molecule has 114 valence electrons. The molecule has 0 bridgehead atoms. The van der Waals surface area contributed by atoms with Crippen molar-refractivity contribution >= 4 is 56.2 Å². The predicted octanol–water partition coefficient (Wildman–Crippen LogP) is 3.04.